The van der Waals surface area contributed by atoms with Gasteiger partial charge in [-0.25, -0.2) is 0 Å². The van der Waals surface area contributed by atoms with Crippen LogP contribution in [-0.2, 0) is 0 Å². The molecule has 1 aliphatic heterocycles. The van der Waals surface area contributed by atoms with Crippen molar-refractivity contribution in [2.75, 3.05) is 7.05 Å². The van der Waals surface area contributed by atoms with Crippen molar-refractivity contribution in [3.63, 3.8) is 0 Å². The Hall–Kier alpha value is -1.02. The van der Waals surface area contributed by atoms with Crippen molar-refractivity contribution in [2.45, 2.75) is 31.4 Å². The summed E-state index contributed by atoms with van der Waals surface area (Å²) in [5.74, 6) is 1.90. The van der Waals surface area contributed by atoms with E-state index in [1.54, 1.807) is 0 Å². The van der Waals surface area contributed by atoms with Crippen LogP contribution in [0.2, 0.25) is 0 Å². The van der Waals surface area contributed by atoms with Crippen LogP contribution >= 0.6 is 0 Å². The zero-order valence-corrected chi connectivity index (χ0v) is 9.07. The van der Waals surface area contributed by atoms with Crippen molar-refractivity contribution in [1.82, 2.24) is 5.32 Å². The summed E-state index contributed by atoms with van der Waals surface area (Å²) in [5, 5.41) is 3.39. The minimum absolute atomic E-state index is 0.442. The Balaban J connectivity index is 1.91. The molecule has 0 amide bonds. The number of fused-ring (bicyclic) bond motifs is 1. The quantitative estimate of drug-likeness (QED) is 0.797. The van der Waals surface area contributed by atoms with Crippen LogP contribution in [-0.4, -0.2) is 13.2 Å². The van der Waals surface area contributed by atoms with E-state index >= 15 is 0 Å². The molecular formula is C13H17NO. The van der Waals surface area contributed by atoms with Gasteiger partial charge in [-0.15, -0.1) is 0 Å². The first-order chi connectivity index (χ1) is 7.38. The molecule has 0 saturated heterocycles. The fraction of sp³-hybridized carbons (Fsp3) is 0.538. The number of hydrogen-bond donors (Lipinski definition) is 1. The summed E-state index contributed by atoms with van der Waals surface area (Å²) in [6.07, 6.45) is 4.27. The Morgan fingerprint density at radius 3 is 2.80 bits per heavy atom. The van der Waals surface area contributed by atoms with Gasteiger partial charge in [0.05, 0.1) is 0 Å². The van der Waals surface area contributed by atoms with E-state index in [1.807, 2.05) is 7.05 Å². The van der Waals surface area contributed by atoms with Gasteiger partial charge in [-0.05, 0) is 31.9 Å². The van der Waals surface area contributed by atoms with Crippen molar-refractivity contribution in [1.29, 1.82) is 0 Å². The second-order valence-electron chi connectivity index (χ2n) is 4.61. The molecule has 2 atom stereocenters. The number of rotatable bonds is 2. The number of nitrogens with one attached hydrogen (secondary N) is 1. The maximum absolute atomic E-state index is 6.05. The zero-order chi connectivity index (χ0) is 10.3. The average Bonchev–Trinajstić information content (AvgIpc) is 3.11. The molecule has 1 N–H and O–H groups in total. The normalized spacial score (nSPS) is 29.4. The van der Waals surface area contributed by atoms with Gasteiger partial charge in [0.25, 0.3) is 0 Å². The predicted octanol–water partition coefficient (Wildman–Crippen LogP) is 2.51. The van der Waals surface area contributed by atoms with Gasteiger partial charge in [0.1, 0.15) is 11.9 Å². The fourth-order valence-electron chi connectivity index (χ4n) is 2.48. The molecule has 2 unspecified atom stereocenters. The molecule has 1 heterocycles. The van der Waals surface area contributed by atoms with Gasteiger partial charge in [-0.1, -0.05) is 18.2 Å². The van der Waals surface area contributed by atoms with Gasteiger partial charge in [-0.3, -0.25) is 0 Å². The van der Waals surface area contributed by atoms with Gasteiger partial charge in [0.2, 0.25) is 0 Å². The van der Waals surface area contributed by atoms with Crippen LogP contribution in [0.3, 0.4) is 0 Å². The summed E-state index contributed by atoms with van der Waals surface area (Å²) in [6.45, 7) is 0. The molecule has 1 saturated carbocycles. The third-order valence-corrected chi connectivity index (χ3v) is 3.54. The first-order valence-electron chi connectivity index (χ1n) is 5.81. The molecule has 3 rings (SSSR count). The van der Waals surface area contributed by atoms with E-state index in [-0.39, 0.29) is 0 Å². The molecule has 80 valence electrons. The highest BCUT2D eigenvalue weighted by Gasteiger charge is 2.38. The molecule has 2 nitrogen and oxygen atoms in total. The molecule has 1 aromatic rings. The predicted molar refractivity (Wildman–Crippen MR) is 60.0 cm³/mol. The van der Waals surface area contributed by atoms with Crippen LogP contribution in [0.5, 0.6) is 5.75 Å². The molecule has 1 fully saturated rings. The lowest BCUT2D eigenvalue weighted by molar-refractivity contribution is 0.131. The number of benzene rings is 1. The Kier molecular flexibility index (Phi) is 2.17. The topological polar surface area (TPSA) is 21.3 Å². The summed E-state index contributed by atoms with van der Waals surface area (Å²) >= 11 is 0. The molecule has 2 heteroatoms. The lowest BCUT2D eigenvalue weighted by atomic mass is 9.94. The summed E-state index contributed by atoms with van der Waals surface area (Å²) in [6, 6.07) is 8.87. The van der Waals surface area contributed by atoms with Crippen molar-refractivity contribution >= 4 is 0 Å². The summed E-state index contributed by atoms with van der Waals surface area (Å²) in [4.78, 5) is 0. The van der Waals surface area contributed by atoms with E-state index in [4.69, 9.17) is 4.74 Å². The Morgan fingerprint density at radius 1 is 1.27 bits per heavy atom. The molecule has 1 aromatic carbocycles. The molecule has 0 bridgehead atoms. The first-order valence-corrected chi connectivity index (χ1v) is 5.81. The Bertz CT molecular complexity index is 359. The Labute approximate surface area is 90.6 Å². The zero-order valence-electron chi connectivity index (χ0n) is 9.07. The molecule has 15 heavy (non-hydrogen) atoms. The number of ether oxygens (including phenoxy) is 1. The van der Waals surface area contributed by atoms with E-state index < -0.39 is 0 Å². The standard InChI is InChI=1S/C13H17NO/c1-14-11-8-13(9-6-7-9)15-12-5-3-2-4-10(11)12/h2-5,9,11,13-14H,6-8H2,1H3. The lowest BCUT2D eigenvalue weighted by Crippen LogP contribution is -2.32. The first kappa shape index (κ1) is 9.22. The summed E-state index contributed by atoms with van der Waals surface area (Å²) in [5.41, 5.74) is 1.32. The third kappa shape index (κ3) is 1.63. The smallest absolute Gasteiger partial charge is 0.124 e. The molecular weight excluding hydrogens is 186 g/mol. The molecule has 2 aliphatic rings. The van der Waals surface area contributed by atoms with Crippen molar-refractivity contribution in [2.24, 2.45) is 5.92 Å². The minimum Gasteiger partial charge on any atom is -0.490 e. The van der Waals surface area contributed by atoms with Crippen LogP contribution in [0.25, 0.3) is 0 Å². The van der Waals surface area contributed by atoms with Gasteiger partial charge in [0.15, 0.2) is 0 Å². The largest absolute Gasteiger partial charge is 0.490 e. The van der Waals surface area contributed by atoms with Crippen LogP contribution in [0.1, 0.15) is 30.9 Å². The third-order valence-electron chi connectivity index (χ3n) is 3.54. The highest BCUT2D eigenvalue weighted by Crippen LogP contribution is 2.43. The van der Waals surface area contributed by atoms with E-state index in [0.717, 1.165) is 18.1 Å². The molecule has 1 aliphatic carbocycles. The van der Waals surface area contributed by atoms with Gasteiger partial charge < -0.3 is 10.1 Å². The maximum Gasteiger partial charge on any atom is 0.124 e. The van der Waals surface area contributed by atoms with Gasteiger partial charge >= 0.3 is 0 Å². The molecule has 0 radical (unpaired) electrons. The SMILES string of the molecule is CNC1CC(C2CC2)Oc2ccccc21. The summed E-state index contributed by atoms with van der Waals surface area (Å²) in [7, 11) is 2.04. The van der Waals surface area contributed by atoms with E-state index in [2.05, 4.69) is 29.6 Å². The van der Waals surface area contributed by atoms with Gasteiger partial charge in [0, 0.05) is 18.0 Å². The number of hydrogen-bond acceptors (Lipinski definition) is 2. The fourth-order valence-corrected chi connectivity index (χ4v) is 2.48. The monoisotopic (exact) mass is 203 g/mol. The van der Waals surface area contributed by atoms with Crippen LogP contribution in [0.4, 0.5) is 0 Å². The highest BCUT2D eigenvalue weighted by atomic mass is 16.5. The van der Waals surface area contributed by atoms with Crippen LogP contribution in [0, 0.1) is 5.92 Å². The second kappa shape index (κ2) is 3.53. The summed E-state index contributed by atoms with van der Waals surface area (Å²) < 4.78 is 6.05. The van der Waals surface area contributed by atoms with Crippen molar-refractivity contribution in [3.05, 3.63) is 29.8 Å². The van der Waals surface area contributed by atoms with E-state index in [1.165, 1.54) is 18.4 Å². The number of para-hydroxylation sites is 1. The molecule has 0 spiro atoms. The van der Waals surface area contributed by atoms with Gasteiger partial charge in [-0.2, -0.15) is 0 Å². The van der Waals surface area contributed by atoms with Crippen LogP contribution < -0.4 is 10.1 Å². The van der Waals surface area contributed by atoms with E-state index in [9.17, 15) is 0 Å². The highest BCUT2D eigenvalue weighted by molar-refractivity contribution is 5.38. The minimum atomic E-state index is 0.442. The Morgan fingerprint density at radius 2 is 2.07 bits per heavy atom. The molecule has 0 aromatic heterocycles. The van der Waals surface area contributed by atoms with E-state index in [0.29, 0.717) is 12.1 Å². The average molecular weight is 203 g/mol. The second-order valence-corrected chi connectivity index (χ2v) is 4.61. The van der Waals surface area contributed by atoms with Crippen LogP contribution in [0.15, 0.2) is 24.3 Å². The maximum atomic E-state index is 6.05. The lowest BCUT2D eigenvalue weighted by Gasteiger charge is -2.32. The van der Waals surface area contributed by atoms with Crippen molar-refractivity contribution < 1.29 is 4.74 Å². The van der Waals surface area contributed by atoms with Crippen molar-refractivity contribution in [3.8, 4) is 5.75 Å².